The second-order valence-electron chi connectivity index (χ2n) is 5.53. The van der Waals surface area contributed by atoms with Gasteiger partial charge in [0, 0.05) is 10.6 Å². The normalized spacial score (nSPS) is 18.0. The zero-order valence-corrected chi connectivity index (χ0v) is 15.5. The minimum absolute atomic E-state index is 0.0113. The number of hydrogen-bond donors (Lipinski definition) is 1. The van der Waals surface area contributed by atoms with Gasteiger partial charge in [-0.1, -0.05) is 30.4 Å². The molecule has 1 N–H and O–H groups in total. The molecule has 4 nitrogen and oxygen atoms in total. The maximum Gasteiger partial charge on any atom is 0.238 e. The van der Waals surface area contributed by atoms with E-state index in [4.69, 9.17) is 0 Å². The van der Waals surface area contributed by atoms with Crippen LogP contribution in [0.15, 0.2) is 4.99 Å². The Morgan fingerprint density at radius 1 is 1.48 bits per heavy atom. The molecule has 2 aliphatic rings. The van der Waals surface area contributed by atoms with E-state index in [2.05, 4.69) is 16.4 Å². The third-order valence-electron chi connectivity index (χ3n) is 3.98. The van der Waals surface area contributed by atoms with Gasteiger partial charge in [0.25, 0.3) is 0 Å². The van der Waals surface area contributed by atoms with Crippen LogP contribution in [0, 0.1) is 11.3 Å². The molecule has 7 heteroatoms. The van der Waals surface area contributed by atoms with Gasteiger partial charge in [0.2, 0.25) is 5.91 Å². The molecule has 1 aromatic rings. The van der Waals surface area contributed by atoms with Gasteiger partial charge >= 0.3 is 0 Å². The molecule has 1 aliphatic carbocycles. The Labute approximate surface area is 149 Å². The van der Waals surface area contributed by atoms with Gasteiger partial charge in [-0.2, -0.15) is 5.26 Å². The summed E-state index contributed by atoms with van der Waals surface area (Å²) in [6.45, 7) is 2.86. The molecule has 3 rings (SSSR count). The van der Waals surface area contributed by atoms with Crippen molar-refractivity contribution in [2.75, 3.05) is 17.6 Å². The quantitative estimate of drug-likeness (QED) is 0.874. The Bertz CT molecular complexity index is 675. The van der Waals surface area contributed by atoms with Gasteiger partial charge in [-0.05, 0) is 37.7 Å². The molecular weight excluding hydrogens is 346 g/mol. The molecule has 0 spiro atoms. The molecule has 0 saturated carbocycles. The number of hydrogen-bond acceptors (Lipinski definition) is 6. The first-order valence-electron chi connectivity index (χ1n) is 7.92. The third kappa shape index (κ3) is 3.76. The number of carbonyl (C=O) groups excluding carboxylic acids is 1. The summed E-state index contributed by atoms with van der Waals surface area (Å²) in [6, 6.07) is 2.30. The minimum atomic E-state index is -0.148. The number of rotatable bonds is 4. The fraction of sp³-hybridized carbons (Fsp3) is 0.562. The lowest BCUT2D eigenvalue weighted by Crippen LogP contribution is -2.25. The SMILES string of the molecule is CC[C@@H](SC1=NCCS1)C(=O)Nc1sc2c(c1C#N)CCCC2. The van der Waals surface area contributed by atoms with Crippen LogP contribution in [0.5, 0.6) is 0 Å². The molecule has 2 heterocycles. The molecule has 0 fully saturated rings. The highest BCUT2D eigenvalue weighted by molar-refractivity contribution is 8.39. The number of anilines is 1. The van der Waals surface area contributed by atoms with E-state index in [0.29, 0.717) is 5.56 Å². The summed E-state index contributed by atoms with van der Waals surface area (Å²) in [7, 11) is 0. The number of nitriles is 1. The van der Waals surface area contributed by atoms with E-state index in [-0.39, 0.29) is 11.2 Å². The summed E-state index contributed by atoms with van der Waals surface area (Å²) in [5.74, 6) is 0.999. The largest absolute Gasteiger partial charge is 0.316 e. The van der Waals surface area contributed by atoms with Crippen LogP contribution in [0.2, 0.25) is 0 Å². The number of thioether (sulfide) groups is 2. The highest BCUT2D eigenvalue weighted by Gasteiger charge is 2.26. The number of thiophene rings is 1. The molecule has 1 atom stereocenters. The van der Waals surface area contributed by atoms with Crippen molar-refractivity contribution in [1.29, 1.82) is 5.26 Å². The van der Waals surface area contributed by atoms with Crippen molar-refractivity contribution in [3.05, 3.63) is 16.0 Å². The van der Waals surface area contributed by atoms with Crippen LogP contribution >= 0.6 is 34.9 Å². The first-order valence-corrected chi connectivity index (χ1v) is 10.6. The lowest BCUT2D eigenvalue weighted by atomic mass is 9.96. The average molecular weight is 366 g/mol. The summed E-state index contributed by atoms with van der Waals surface area (Å²) in [6.07, 6.45) is 5.06. The van der Waals surface area contributed by atoms with E-state index in [1.165, 1.54) is 11.3 Å². The Hall–Kier alpha value is -0.970. The number of aryl methyl sites for hydroxylation is 1. The monoisotopic (exact) mass is 365 g/mol. The third-order valence-corrected chi connectivity index (χ3v) is 7.76. The fourth-order valence-corrected chi connectivity index (χ4v) is 6.19. The van der Waals surface area contributed by atoms with Crippen molar-refractivity contribution >= 4 is 50.1 Å². The molecule has 0 unspecified atom stereocenters. The van der Waals surface area contributed by atoms with Gasteiger partial charge in [0.15, 0.2) is 0 Å². The minimum Gasteiger partial charge on any atom is -0.316 e. The van der Waals surface area contributed by atoms with Gasteiger partial charge < -0.3 is 5.32 Å². The van der Waals surface area contributed by atoms with E-state index in [1.54, 1.807) is 34.9 Å². The zero-order chi connectivity index (χ0) is 16.2. The summed E-state index contributed by atoms with van der Waals surface area (Å²) in [5, 5.41) is 13.1. The Morgan fingerprint density at radius 2 is 2.30 bits per heavy atom. The van der Waals surface area contributed by atoms with Crippen molar-refractivity contribution in [3.8, 4) is 6.07 Å². The first-order chi connectivity index (χ1) is 11.2. The topological polar surface area (TPSA) is 65.2 Å². The summed E-state index contributed by atoms with van der Waals surface area (Å²) in [5.41, 5.74) is 1.85. The van der Waals surface area contributed by atoms with Crippen molar-refractivity contribution in [2.24, 2.45) is 4.99 Å². The van der Waals surface area contributed by atoms with Crippen LogP contribution in [-0.4, -0.2) is 27.8 Å². The van der Waals surface area contributed by atoms with Gasteiger partial charge in [0.05, 0.1) is 17.4 Å². The van der Waals surface area contributed by atoms with Gasteiger partial charge in [-0.25, -0.2) is 0 Å². The number of nitrogens with zero attached hydrogens (tertiary/aromatic N) is 2. The van der Waals surface area contributed by atoms with E-state index >= 15 is 0 Å². The standard InChI is InChI=1S/C16H19N3OS3/c1-2-12(23-16-18-7-8-21-16)14(20)19-15-11(9-17)10-5-3-4-6-13(10)22-15/h12H,2-8H2,1H3,(H,19,20)/t12-/m1/s1. The Kier molecular flexibility index (Phi) is 5.67. The van der Waals surface area contributed by atoms with E-state index < -0.39 is 0 Å². The van der Waals surface area contributed by atoms with Crippen molar-refractivity contribution < 1.29 is 4.79 Å². The molecule has 0 aromatic carbocycles. The van der Waals surface area contributed by atoms with Gasteiger partial charge in [-0.15, -0.1) is 11.3 Å². The van der Waals surface area contributed by atoms with Crippen molar-refractivity contribution in [3.63, 3.8) is 0 Å². The molecule has 122 valence electrons. The lowest BCUT2D eigenvalue weighted by molar-refractivity contribution is -0.115. The van der Waals surface area contributed by atoms with E-state index in [9.17, 15) is 10.1 Å². The number of carbonyl (C=O) groups is 1. The molecular formula is C16H19N3OS3. The highest BCUT2D eigenvalue weighted by Crippen LogP contribution is 2.38. The molecule has 1 amide bonds. The Morgan fingerprint density at radius 3 is 3.00 bits per heavy atom. The van der Waals surface area contributed by atoms with Crippen LogP contribution in [-0.2, 0) is 17.6 Å². The smallest absolute Gasteiger partial charge is 0.238 e. The number of amides is 1. The molecule has 0 saturated heterocycles. The van der Waals surface area contributed by atoms with Crippen LogP contribution in [0.25, 0.3) is 0 Å². The Balaban J connectivity index is 1.74. The molecule has 0 radical (unpaired) electrons. The second kappa shape index (κ2) is 7.73. The molecule has 23 heavy (non-hydrogen) atoms. The summed E-state index contributed by atoms with van der Waals surface area (Å²) >= 11 is 4.86. The average Bonchev–Trinajstić information content (AvgIpc) is 3.19. The van der Waals surface area contributed by atoms with Crippen molar-refractivity contribution in [2.45, 2.75) is 44.3 Å². The van der Waals surface area contributed by atoms with Crippen LogP contribution in [0.3, 0.4) is 0 Å². The van der Waals surface area contributed by atoms with E-state index in [0.717, 1.165) is 52.9 Å². The van der Waals surface area contributed by atoms with E-state index in [1.807, 2.05) is 6.92 Å². The predicted molar refractivity (Wildman–Crippen MR) is 101 cm³/mol. The van der Waals surface area contributed by atoms with Crippen molar-refractivity contribution in [1.82, 2.24) is 0 Å². The lowest BCUT2D eigenvalue weighted by Gasteiger charge is -2.13. The number of aliphatic imine (C=N–C) groups is 1. The molecule has 1 aliphatic heterocycles. The van der Waals surface area contributed by atoms with Crippen LogP contribution in [0.1, 0.15) is 42.2 Å². The second-order valence-corrected chi connectivity index (χ2v) is 9.17. The zero-order valence-electron chi connectivity index (χ0n) is 13.1. The fourth-order valence-electron chi connectivity index (χ4n) is 2.80. The van der Waals surface area contributed by atoms with Crippen LogP contribution < -0.4 is 5.32 Å². The van der Waals surface area contributed by atoms with Gasteiger partial charge in [0.1, 0.15) is 15.4 Å². The molecule has 0 bridgehead atoms. The predicted octanol–water partition coefficient (Wildman–Crippen LogP) is 4.05. The first kappa shape index (κ1) is 16.9. The summed E-state index contributed by atoms with van der Waals surface area (Å²) in [4.78, 5) is 18.3. The highest BCUT2D eigenvalue weighted by atomic mass is 32.2. The number of nitrogens with one attached hydrogen (secondary N) is 1. The number of fused-ring (bicyclic) bond motifs is 1. The summed E-state index contributed by atoms with van der Waals surface area (Å²) < 4.78 is 1.01. The maximum atomic E-state index is 12.6. The molecule has 1 aromatic heterocycles. The van der Waals surface area contributed by atoms with Crippen LogP contribution in [0.4, 0.5) is 5.00 Å². The maximum absolute atomic E-state index is 12.6. The van der Waals surface area contributed by atoms with Gasteiger partial charge in [-0.3, -0.25) is 9.79 Å².